The van der Waals surface area contributed by atoms with Crippen LogP contribution in [0.2, 0.25) is 0 Å². The van der Waals surface area contributed by atoms with E-state index in [-0.39, 0.29) is 36.8 Å². The third-order valence-electron chi connectivity index (χ3n) is 4.31. The number of amides is 4. The van der Waals surface area contributed by atoms with E-state index in [1.54, 1.807) is 0 Å². The van der Waals surface area contributed by atoms with Gasteiger partial charge in [-0.1, -0.05) is 33.6 Å². The summed E-state index contributed by atoms with van der Waals surface area (Å²) in [6.45, 7) is 5.85. The molecular weight excluding hydrogens is 320 g/mol. The van der Waals surface area contributed by atoms with E-state index in [2.05, 4.69) is 17.6 Å². The Labute approximate surface area is 144 Å². The summed E-state index contributed by atoms with van der Waals surface area (Å²) >= 11 is 0. The second-order valence-electron chi connectivity index (χ2n) is 5.75. The van der Waals surface area contributed by atoms with Gasteiger partial charge in [0.25, 0.3) is 5.91 Å². The van der Waals surface area contributed by atoms with E-state index in [9.17, 15) is 14.4 Å². The lowest BCUT2D eigenvalue weighted by atomic mass is 9.93. The Bertz CT molecular complexity index is 427. The Morgan fingerprint density at radius 3 is 2.35 bits per heavy atom. The lowest BCUT2D eigenvalue weighted by Crippen LogP contribution is -2.48. The van der Waals surface area contributed by atoms with E-state index in [1.165, 1.54) is 0 Å². The number of hydrogen-bond acceptors (Lipinski definition) is 4. The van der Waals surface area contributed by atoms with Crippen molar-refractivity contribution in [3.63, 3.8) is 0 Å². The number of nitrogens with zero attached hydrogens (tertiary/aromatic N) is 1. The number of nitrogens with two attached hydrogens (primary N) is 1. The third kappa shape index (κ3) is 5.07. The minimum atomic E-state index is -0.868. The highest BCUT2D eigenvalue weighted by Crippen LogP contribution is 2.24. The first-order chi connectivity index (χ1) is 10.4. The summed E-state index contributed by atoms with van der Waals surface area (Å²) in [5.74, 6) is -0.673. The van der Waals surface area contributed by atoms with E-state index in [0.717, 1.165) is 24.2 Å². The molecule has 0 spiro atoms. The SMILES string of the molecule is CCCCC(CN)NC(=O)CN1C(=O)NC(CC)(CC)C1=O.Cl. The molecule has 7 nitrogen and oxygen atoms in total. The predicted molar refractivity (Wildman–Crippen MR) is 91.3 cm³/mol. The zero-order valence-corrected chi connectivity index (χ0v) is 15.0. The number of halogens is 1. The number of unbranched alkanes of at least 4 members (excludes halogenated alkanes) is 1. The molecule has 1 atom stereocenters. The Morgan fingerprint density at radius 1 is 1.30 bits per heavy atom. The van der Waals surface area contributed by atoms with Crippen molar-refractivity contribution >= 4 is 30.3 Å². The van der Waals surface area contributed by atoms with Gasteiger partial charge in [-0.15, -0.1) is 12.4 Å². The highest BCUT2D eigenvalue weighted by atomic mass is 35.5. The standard InChI is InChI=1S/C15H28N4O3.ClH/c1-4-7-8-11(9-16)17-12(20)10-19-13(21)15(5-2,6-3)18-14(19)22;/h11H,4-10,16H2,1-3H3,(H,17,20)(H,18,22);1H. The van der Waals surface area contributed by atoms with E-state index in [4.69, 9.17) is 5.73 Å². The Morgan fingerprint density at radius 2 is 1.91 bits per heavy atom. The van der Waals surface area contributed by atoms with Crippen molar-refractivity contribution < 1.29 is 14.4 Å². The second-order valence-corrected chi connectivity index (χ2v) is 5.75. The molecule has 1 heterocycles. The van der Waals surface area contributed by atoms with Gasteiger partial charge >= 0.3 is 6.03 Å². The zero-order chi connectivity index (χ0) is 16.8. The summed E-state index contributed by atoms with van der Waals surface area (Å²) < 4.78 is 0. The molecule has 0 aromatic heterocycles. The number of nitrogens with one attached hydrogen (secondary N) is 2. The molecular formula is C15H29ClN4O3. The van der Waals surface area contributed by atoms with Crippen molar-refractivity contribution in [1.29, 1.82) is 0 Å². The average molecular weight is 349 g/mol. The molecule has 0 bridgehead atoms. The van der Waals surface area contributed by atoms with Crippen molar-refractivity contribution in [1.82, 2.24) is 15.5 Å². The van der Waals surface area contributed by atoms with Crippen LogP contribution in [0.4, 0.5) is 4.79 Å². The Balaban J connectivity index is 0.00000484. The molecule has 134 valence electrons. The molecule has 1 aliphatic heterocycles. The molecule has 8 heteroatoms. The Hall–Kier alpha value is -1.34. The molecule has 1 unspecified atom stereocenters. The summed E-state index contributed by atoms with van der Waals surface area (Å²) in [6.07, 6.45) is 3.81. The lowest BCUT2D eigenvalue weighted by molar-refractivity contribution is -0.135. The van der Waals surface area contributed by atoms with Crippen LogP contribution in [0, 0.1) is 0 Å². The van der Waals surface area contributed by atoms with Crippen LogP contribution in [0.1, 0.15) is 52.9 Å². The predicted octanol–water partition coefficient (Wildman–Crippen LogP) is 1.15. The number of imide groups is 1. The van der Waals surface area contributed by atoms with Crippen molar-refractivity contribution in [2.45, 2.75) is 64.5 Å². The highest BCUT2D eigenvalue weighted by molar-refractivity contribution is 6.08. The van der Waals surface area contributed by atoms with Crippen molar-refractivity contribution in [2.75, 3.05) is 13.1 Å². The van der Waals surface area contributed by atoms with Gasteiger partial charge in [-0.25, -0.2) is 4.79 Å². The molecule has 1 aliphatic rings. The van der Waals surface area contributed by atoms with Gasteiger partial charge < -0.3 is 16.4 Å². The van der Waals surface area contributed by atoms with Crippen LogP contribution in [0.5, 0.6) is 0 Å². The van der Waals surface area contributed by atoms with Crippen LogP contribution in [0.3, 0.4) is 0 Å². The first-order valence-corrected chi connectivity index (χ1v) is 8.07. The molecule has 23 heavy (non-hydrogen) atoms. The third-order valence-corrected chi connectivity index (χ3v) is 4.31. The van der Waals surface area contributed by atoms with Crippen molar-refractivity contribution in [2.24, 2.45) is 5.73 Å². The lowest BCUT2D eigenvalue weighted by Gasteiger charge is -2.23. The first-order valence-electron chi connectivity index (χ1n) is 8.07. The van der Waals surface area contributed by atoms with E-state index in [1.807, 2.05) is 13.8 Å². The highest BCUT2D eigenvalue weighted by Gasteiger charge is 2.49. The maximum atomic E-state index is 12.4. The summed E-state index contributed by atoms with van der Waals surface area (Å²) in [5, 5.41) is 5.50. The van der Waals surface area contributed by atoms with Gasteiger partial charge in [-0.3, -0.25) is 14.5 Å². The maximum absolute atomic E-state index is 12.4. The molecule has 4 amide bonds. The van der Waals surface area contributed by atoms with E-state index >= 15 is 0 Å². The topological polar surface area (TPSA) is 105 Å². The van der Waals surface area contributed by atoms with E-state index < -0.39 is 11.6 Å². The van der Waals surface area contributed by atoms with Crippen molar-refractivity contribution in [3.05, 3.63) is 0 Å². The number of carbonyl (C=O) groups is 3. The molecule has 1 fully saturated rings. The van der Waals surface area contributed by atoms with Gasteiger partial charge in [-0.2, -0.15) is 0 Å². The van der Waals surface area contributed by atoms with Gasteiger partial charge in [0, 0.05) is 12.6 Å². The molecule has 0 aromatic rings. The average Bonchev–Trinajstić information content (AvgIpc) is 2.76. The molecule has 4 N–H and O–H groups in total. The number of rotatable bonds is 9. The van der Waals surface area contributed by atoms with Crippen LogP contribution >= 0.6 is 12.4 Å². The van der Waals surface area contributed by atoms with Crippen LogP contribution in [0.25, 0.3) is 0 Å². The van der Waals surface area contributed by atoms with Crippen LogP contribution < -0.4 is 16.4 Å². The number of urea groups is 1. The molecule has 0 radical (unpaired) electrons. The van der Waals surface area contributed by atoms with Crippen molar-refractivity contribution in [3.8, 4) is 0 Å². The fourth-order valence-corrected chi connectivity index (χ4v) is 2.67. The molecule has 0 aliphatic carbocycles. The second kappa shape index (κ2) is 9.72. The molecule has 0 aromatic carbocycles. The zero-order valence-electron chi connectivity index (χ0n) is 14.2. The molecule has 0 saturated carbocycles. The summed E-state index contributed by atoms with van der Waals surface area (Å²) in [7, 11) is 0. The normalized spacial score (nSPS) is 17.5. The monoisotopic (exact) mass is 348 g/mol. The molecule has 1 saturated heterocycles. The smallest absolute Gasteiger partial charge is 0.325 e. The van der Waals surface area contributed by atoms with Gasteiger partial charge in [0.1, 0.15) is 12.1 Å². The maximum Gasteiger partial charge on any atom is 0.325 e. The van der Waals surface area contributed by atoms with Gasteiger partial charge in [0.2, 0.25) is 5.91 Å². The first kappa shape index (κ1) is 21.7. The minimum absolute atomic E-state index is 0. The van der Waals surface area contributed by atoms with Crippen LogP contribution in [0.15, 0.2) is 0 Å². The summed E-state index contributed by atoms with van der Waals surface area (Å²) in [4.78, 5) is 37.4. The van der Waals surface area contributed by atoms with Gasteiger partial charge in [-0.05, 0) is 19.3 Å². The number of hydrogen-bond donors (Lipinski definition) is 3. The van der Waals surface area contributed by atoms with Gasteiger partial charge in [0.15, 0.2) is 0 Å². The largest absolute Gasteiger partial charge is 0.351 e. The summed E-state index contributed by atoms with van der Waals surface area (Å²) in [6, 6.07) is -0.614. The molecule has 1 rings (SSSR count). The van der Waals surface area contributed by atoms with E-state index in [0.29, 0.717) is 19.4 Å². The number of carbonyl (C=O) groups excluding carboxylic acids is 3. The minimum Gasteiger partial charge on any atom is -0.351 e. The Kier molecular flexibility index (Phi) is 9.16. The quantitative estimate of drug-likeness (QED) is 0.543. The van der Waals surface area contributed by atoms with Gasteiger partial charge in [0.05, 0.1) is 0 Å². The summed E-state index contributed by atoms with van der Waals surface area (Å²) in [5.41, 5.74) is 4.77. The fourth-order valence-electron chi connectivity index (χ4n) is 2.67. The fraction of sp³-hybridized carbons (Fsp3) is 0.800. The van der Waals surface area contributed by atoms with Crippen LogP contribution in [-0.4, -0.2) is 47.4 Å². The van der Waals surface area contributed by atoms with Crippen LogP contribution in [-0.2, 0) is 9.59 Å².